The van der Waals surface area contributed by atoms with E-state index in [1.165, 1.54) is 6.42 Å². The van der Waals surface area contributed by atoms with Gasteiger partial charge in [0.2, 0.25) is 0 Å². The fraction of sp³-hybridized carbons (Fsp3) is 0.800. The molecule has 0 bridgehead atoms. The van der Waals surface area contributed by atoms with Crippen molar-refractivity contribution >= 4 is 0 Å². The first-order valence-electron chi connectivity index (χ1n) is 4.47. The van der Waals surface area contributed by atoms with E-state index >= 15 is 0 Å². The smallest absolute Gasteiger partial charge is 0.00210 e. The number of hydrogen-bond acceptors (Lipinski definition) is 1. The summed E-state index contributed by atoms with van der Waals surface area (Å²) < 4.78 is 0. The molecular formula is C10H21N. The van der Waals surface area contributed by atoms with Crippen LogP contribution in [0, 0.1) is 11.8 Å². The Hall–Kier alpha value is -0.300. The summed E-state index contributed by atoms with van der Waals surface area (Å²) in [5.74, 6) is 1.58. The monoisotopic (exact) mass is 155 g/mol. The van der Waals surface area contributed by atoms with Crippen molar-refractivity contribution in [1.29, 1.82) is 0 Å². The third-order valence-corrected chi connectivity index (χ3v) is 2.15. The molecule has 11 heavy (non-hydrogen) atoms. The SMILES string of the molecule is C=CCCC(CNC)C(C)C. The molecule has 0 spiro atoms. The van der Waals surface area contributed by atoms with Gasteiger partial charge in [0.15, 0.2) is 0 Å². The molecule has 0 aromatic heterocycles. The molecule has 0 aromatic rings. The molecule has 0 saturated heterocycles. The van der Waals surface area contributed by atoms with Crippen molar-refractivity contribution < 1.29 is 0 Å². The Bertz CT molecular complexity index is 97.0. The molecule has 1 atom stereocenters. The maximum atomic E-state index is 3.73. The van der Waals surface area contributed by atoms with E-state index in [2.05, 4.69) is 25.7 Å². The molecule has 66 valence electrons. The fourth-order valence-electron chi connectivity index (χ4n) is 1.27. The molecule has 0 aromatic carbocycles. The summed E-state index contributed by atoms with van der Waals surface area (Å²) in [7, 11) is 2.02. The zero-order chi connectivity index (χ0) is 8.69. The van der Waals surface area contributed by atoms with E-state index in [1.807, 2.05) is 13.1 Å². The molecule has 1 unspecified atom stereocenters. The van der Waals surface area contributed by atoms with Gasteiger partial charge in [-0.15, -0.1) is 6.58 Å². The topological polar surface area (TPSA) is 12.0 Å². The first-order chi connectivity index (χ1) is 5.22. The van der Waals surface area contributed by atoms with Crippen molar-refractivity contribution in [3.63, 3.8) is 0 Å². The van der Waals surface area contributed by atoms with Gasteiger partial charge in [-0.3, -0.25) is 0 Å². The molecule has 1 N–H and O–H groups in total. The molecule has 0 radical (unpaired) electrons. The normalized spacial score (nSPS) is 13.5. The minimum absolute atomic E-state index is 0.780. The summed E-state index contributed by atoms with van der Waals surface area (Å²) in [5, 5.41) is 3.22. The van der Waals surface area contributed by atoms with Crippen LogP contribution < -0.4 is 5.32 Å². The number of allylic oxidation sites excluding steroid dienone is 1. The van der Waals surface area contributed by atoms with Gasteiger partial charge in [-0.05, 0) is 38.3 Å². The molecular weight excluding hydrogens is 134 g/mol. The molecule has 0 fully saturated rings. The summed E-state index contributed by atoms with van der Waals surface area (Å²) in [4.78, 5) is 0. The Morgan fingerprint density at radius 1 is 1.45 bits per heavy atom. The molecule has 0 rings (SSSR count). The minimum Gasteiger partial charge on any atom is -0.319 e. The second kappa shape index (κ2) is 6.41. The van der Waals surface area contributed by atoms with E-state index in [1.54, 1.807) is 0 Å². The second-order valence-electron chi connectivity index (χ2n) is 3.43. The predicted octanol–water partition coefficient (Wildman–Crippen LogP) is 2.44. The third kappa shape index (κ3) is 5.02. The van der Waals surface area contributed by atoms with Gasteiger partial charge in [0, 0.05) is 0 Å². The number of nitrogens with one attached hydrogen (secondary N) is 1. The molecule has 0 aliphatic rings. The van der Waals surface area contributed by atoms with Crippen LogP contribution in [0.2, 0.25) is 0 Å². The maximum Gasteiger partial charge on any atom is -0.00210 e. The fourth-order valence-corrected chi connectivity index (χ4v) is 1.27. The minimum atomic E-state index is 0.780. The van der Waals surface area contributed by atoms with E-state index in [9.17, 15) is 0 Å². The van der Waals surface area contributed by atoms with Gasteiger partial charge in [0.05, 0.1) is 0 Å². The first-order valence-corrected chi connectivity index (χ1v) is 4.47. The lowest BCUT2D eigenvalue weighted by Crippen LogP contribution is -2.22. The van der Waals surface area contributed by atoms with Crippen LogP contribution in [0.25, 0.3) is 0 Å². The van der Waals surface area contributed by atoms with Crippen LogP contribution in [-0.4, -0.2) is 13.6 Å². The highest BCUT2D eigenvalue weighted by atomic mass is 14.8. The molecule has 1 heteroatoms. The van der Waals surface area contributed by atoms with Gasteiger partial charge in [-0.2, -0.15) is 0 Å². The van der Waals surface area contributed by atoms with Crippen LogP contribution in [0.5, 0.6) is 0 Å². The Morgan fingerprint density at radius 2 is 2.09 bits per heavy atom. The lowest BCUT2D eigenvalue weighted by molar-refractivity contribution is 0.352. The lowest BCUT2D eigenvalue weighted by Gasteiger charge is -2.19. The average molecular weight is 155 g/mol. The summed E-state index contributed by atoms with van der Waals surface area (Å²) in [6.45, 7) is 9.43. The Balaban J connectivity index is 3.59. The van der Waals surface area contributed by atoms with Crippen molar-refractivity contribution in [2.75, 3.05) is 13.6 Å². The van der Waals surface area contributed by atoms with Gasteiger partial charge in [-0.25, -0.2) is 0 Å². The largest absolute Gasteiger partial charge is 0.319 e. The average Bonchev–Trinajstić information content (AvgIpc) is 1.97. The molecule has 1 nitrogen and oxygen atoms in total. The van der Waals surface area contributed by atoms with Crippen molar-refractivity contribution in [3.8, 4) is 0 Å². The Morgan fingerprint density at radius 3 is 2.45 bits per heavy atom. The zero-order valence-corrected chi connectivity index (χ0v) is 8.06. The standard InChI is InChI=1S/C10H21N/c1-5-6-7-10(8-11-4)9(2)3/h5,9-11H,1,6-8H2,2-4H3. The number of rotatable bonds is 6. The molecule has 0 heterocycles. The summed E-state index contributed by atoms with van der Waals surface area (Å²) in [6.07, 6.45) is 4.41. The molecule has 0 amide bonds. The van der Waals surface area contributed by atoms with Crippen molar-refractivity contribution in [3.05, 3.63) is 12.7 Å². The van der Waals surface area contributed by atoms with Gasteiger partial charge in [0.25, 0.3) is 0 Å². The quantitative estimate of drug-likeness (QED) is 0.581. The van der Waals surface area contributed by atoms with Crippen LogP contribution in [-0.2, 0) is 0 Å². The number of hydrogen-bond donors (Lipinski definition) is 1. The van der Waals surface area contributed by atoms with E-state index in [0.29, 0.717) is 0 Å². The second-order valence-corrected chi connectivity index (χ2v) is 3.43. The molecule has 0 aliphatic carbocycles. The summed E-state index contributed by atoms with van der Waals surface area (Å²) >= 11 is 0. The van der Waals surface area contributed by atoms with Crippen LogP contribution in [0.1, 0.15) is 26.7 Å². The van der Waals surface area contributed by atoms with Crippen LogP contribution >= 0.6 is 0 Å². The van der Waals surface area contributed by atoms with Crippen molar-refractivity contribution in [2.45, 2.75) is 26.7 Å². The van der Waals surface area contributed by atoms with E-state index in [4.69, 9.17) is 0 Å². The predicted molar refractivity (Wildman–Crippen MR) is 51.7 cm³/mol. The first kappa shape index (κ1) is 10.7. The van der Waals surface area contributed by atoms with E-state index in [-0.39, 0.29) is 0 Å². The van der Waals surface area contributed by atoms with Gasteiger partial charge in [-0.1, -0.05) is 19.9 Å². The van der Waals surface area contributed by atoms with E-state index in [0.717, 1.165) is 24.8 Å². The summed E-state index contributed by atoms with van der Waals surface area (Å²) in [5.41, 5.74) is 0. The Kier molecular flexibility index (Phi) is 6.24. The van der Waals surface area contributed by atoms with Crippen LogP contribution in [0.4, 0.5) is 0 Å². The van der Waals surface area contributed by atoms with Crippen molar-refractivity contribution in [2.24, 2.45) is 11.8 Å². The highest BCUT2D eigenvalue weighted by molar-refractivity contribution is 4.72. The lowest BCUT2D eigenvalue weighted by atomic mass is 9.91. The zero-order valence-electron chi connectivity index (χ0n) is 8.06. The summed E-state index contributed by atoms with van der Waals surface area (Å²) in [6, 6.07) is 0. The molecule has 0 saturated carbocycles. The third-order valence-electron chi connectivity index (χ3n) is 2.15. The highest BCUT2D eigenvalue weighted by Crippen LogP contribution is 2.15. The highest BCUT2D eigenvalue weighted by Gasteiger charge is 2.10. The van der Waals surface area contributed by atoms with Crippen molar-refractivity contribution in [1.82, 2.24) is 5.32 Å². The van der Waals surface area contributed by atoms with E-state index < -0.39 is 0 Å². The van der Waals surface area contributed by atoms with Gasteiger partial charge < -0.3 is 5.32 Å². The van der Waals surface area contributed by atoms with Gasteiger partial charge in [0.1, 0.15) is 0 Å². The maximum absolute atomic E-state index is 3.73. The van der Waals surface area contributed by atoms with Gasteiger partial charge >= 0.3 is 0 Å². The molecule has 0 aliphatic heterocycles. The van der Waals surface area contributed by atoms with Crippen LogP contribution in [0.3, 0.4) is 0 Å². The Labute approximate surface area is 70.9 Å². The van der Waals surface area contributed by atoms with Crippen LogP contribution in [0.15, 0.2) is 12.7 Å².